The Hall–Kier alpha value is -1.16. The largest absolute Gasteiger partial charge is 0.481 e. The van der Waals surface area contributed by atoms with Crippen molar-refractivity contribution in [1.82, 2.24) is 0 Å². The van der Waals surface area contributed by atoms with Gasteiger partial charge in [-0.1, -0.05) is 18.2 Å². The van der Waals surface area contributed by atoms with Gasteiger partial charge < -0.3 is 5.11 Å². The molecule has 1 aromatic rings. The molecule has 2 saturated carbocycles. The standard InChI is InChI=1S/C23H30BrFO2/c24-21-14-13-20(15-22(21)25)19-11-9-18(10-12-19)17-7-5-16(6-8-17)3-1-2-4-23(26)27/h1,3,13-19H,2,4-12H2,(H,26,27)/t16-,17-,18-,19-. The molecule has 0 radical (unpaired) electrons. The Bertz CT molecular complexity index is 656. The highest BCUT2D eigenvalue weighted by Gasteiger charge is 2.30. The van der Waals surface area contributed by atoms with Crippen LogP contribution in [0.1, 0.15) is 75.7 Å². The first-order valence-corrected chi connectivity index (χ1v) is 11.2. The van der Waals surface area contributed by atoms with Crippen LogP contribution >= 0.6 is 15.9 Å². The first-order chi connectivity index (χ1) is 13.0. The Morgan fingerprint density at radius 3 is 2.30 bits per heavy atom. The van der Waals surface area contributed by atoms with Crippen LogP contribution in [-0.4, -0.2) is 11.1 Å². The number of rotatable bonds is 6. The van der Waals surface area contributed by atoms with Crippen LogP contribution in [0.3, 0.4) is 0 Å². The van der Waals surface area contributed by atoms with Gasteiger partial charge in [-0.05, 0) is 115 Å². The average Bonchev–Trinajstić information content (AvgIpc) is 2.68. The van der Waals surface area contributed by atoms with Crippen molar-refractivity contribution in [3.63, 3.8) is 0 Å². The van der Waals surface area contributed by atoms with Crippen LogP contribution in [0.5, 0.6) is 0 Å². The molecule has 2 aliphatic carbocycles. The van der Waals surface area contributed by atoms with Gasteiger partial charge in [0.05, 0.1) is 4.47 Å². The minimum absolute atomic E-state index is 0.149. The van der Waals surface area contributed by atoms with E-state index in [0.29, 0.717) is 22.7 Å². The molecule has 0 unspecified atom stereocenters. The monoisotopic (exact) mass is 436 g/mol. The normalized spacial score (nSPS) is 29.1. The van der Waals surface area contributed by atoms with Crippen molar-refractivity contribution in [2.24, 2.45) is 17.8 Å². The van der Waals surface area contributed by atoms with E-state index < -0.39 is 5.97 Å². The molecule has 0 spiro atoms. The number of carboxylic acid groups (broad SMARTS) is 1. The lowest BCUT2D eigenvalue weighted by Crippen LogP contribution is -2.25. The maximum Gasteiger partial charge on any atom is 0.303 e. The molecule has 0 saturated heterocycles. The van der Waals surface area contributed by atoms with Gasteiger partial charge in [-0.25, -0.2) is 4.39 Å². The van der Waals surface area contributed by atoms with Crippen LogP contribution < -0.4 is 0 Å². The maximum atomic E-state index is 13.8. The number of carboxylic acids is 1. The minimum atomic E-state index is -0.718. The molecule has 148 valence electrons. The zero-order valence-corrected chi connectivity index (χ0v) is 17.5. The van der Waals surface area contributed by atoms with Gasteiger partial charge >= 0.3 is 5.97 Å². The number of hydrogen-bond acceptors (Lipinski definition) is 1. The van der Waals surface area contributed by atoms with Crippen molar-refractivity contribution in [3.05, 3.63) is 46.2 Å². The Morgan fingerprint density at radius 2 is 1.70 bits per heavy atom. The van der Waals surface area contributed by atoms with E-state index in [1.165, 1.54) is 51.4 Å². The summed E-state index contributed by atoms with van der Waals surface area (Å²) < 4.78 is 14.4. The summed E-state index contributed by atoms with van der Waals surface area (Å²) in [5.41, 5.74) is 1.16. The van der Waals surface area contributed by atoms with E-state index in [9.17, 15) is 9.18 Å². The molecule has 0 bridgehead atoms. The SMILES string of the molecule is O=C(O)CCC=C[C@H]1CC[C@H]([C@H]2CC[C@H](c3ccc(Br)c(F)c3)CC2)CC1. The van der Waals surface area contributed by atoms with Gasteiger partial charge in [0.15, 0.2) is 0 Å². The summed E-state index contributed by atoms with van der Waals surface area (Å²) in [6, 6.07) is 5.61. The van der Waals surface area contributed by atoms with E-state index in [-0.39, 0.29) is 12.2 Å². The van der Waals surface area contributed by atoms with Gasteiger partial charge in [0.2, 0.25) is 0 Å². The molecule has 4 heteroatoms. The van der Waals surface area contributed by atoms with Crippen LogP contribution in [0, 0.1) is 23.6 Å². The van der Waals surface area contributed by atoms with Crippen LogP contribution in [0.4, 0.5) is 4.39 Å². The molecule has 3 rings (SSSR count). The van der Waals surface area contributed by atoms with Crippen LogP contribution in [0.2, 0.25) is 0 Å². The molecular weight excluding hydrogens is 407 g/mol. The Kier molecular flexibility index (Phi) is 7.51. The van der Waals surface area contributed by atoms with Crippen LogP contribution in [0.25, 0.3) is 0 Å². The molecule has 0 aromatic heterocycles. The van der Waals surface area contributed by atoms with Gasteiger partial charge in [0, 0.05) is 6.42 Å². The molecule has 0 aliphatic heterocycles. The molecule has 2 fully saturated rings. The lowest BCUT2D eigenvalue weighted by molar-refractivity contribution is -0.136. The highest BCUT2D eigenvalue weighted by molar-refractivity contribution is 9.10. The summed E-state index contributed by atoms with van der Waals surface area (Å²) >= 11 is 3.24. The van der Waals surface area contributed by atoms with E-state index in [0.717, 1.165) is 17.4 Å². The van der Waals surface area contributed by atoms with Gasteiger partial charge in [0.1, 0.15) is 5.82 Å². The smallest absolute Gasteiger partial charge is 0.303 e. The maximum absolute atomic E-state index is 13.8. The van der Waals surface area contributed by atoms with Crippen molar-refractivity contribution in [2.45, 2.75) is 70.1 Å². The second kappa shape index (κ2) is 9.86. The lowest BCUT2D eigenvalue weighted by Gasteiger charge is -2.37. The zero-order chi connectivity index (χ0) is 19.2. The van der Waals surface area contributed by atoms with Gasteiger partial charge in [-0.15, -0.1) is 0 Å². The first-order valence-electron chi connectivity index (χ1n) is 10.4. The summed E-state index contributed by atoms with van der Waals surface area (Å²) in [5.74, 6) is 1.96. The summed E-state index contributed by atoms with van der Waals surface area (Å²) in [4.78, 5) is 10.6. The summed E-state index contributed by atoms with van der Waals surface area (Å²) in [5, 5.41) is 8.69. The third kappa shape index (κ3) is 5.91. The zero-order valence-electron chi connectivity index (χ0n) is 15.9. The van der Waals surface area contributed by atoms with E-state index in [2.05, 4.69) is 34.1 Å². The third-order valence-electron chi connectivity index (χ3n) is 6.60. The highest BCUT2D eigenvalue weighted by atomic mass is 79.9. The molecule has 0 amide bonds. The fourth-order valence-corrected chi connectivity index (χ4v) is 5.24. The van der Waals surface area contributed by atoms with Gasteiger partial charge in [-0.2, -0.15) is 0 Å². The van der Waals surface area contributed by atoms with Gasteiger partial charge in [-0.3, -0.25) is 4.79 Å². The van der Waals surface area contributed by atoms with Crippen molar-refractivity contribution >= 4 is 21.9 Å². The predicted octanol–water partition coefficient (Wildman–Crippen LogP) is 7.09. The van der Waals surface area contributed by atoms with Crippen molar-refractivity contribution in [1.29, 1.82) is 0 Å². The molecule has 27 heavy (non-hydrogen) atoms. The Labute approximate surface area is 170 Å². The quantitative estimate of drug-likeness (QED) is 0.483. The number of halogens is 2. The highest BCUT2D eigenvalue weighted by Crippen LogP contribution is 2.44. The molecule has 0 atom stereocenters. The van der Waals surface area contributed by atoms with E-state index in [1.54, 1.807) is 6.07 Å². The number of carbonyl (C=O) groups is 1. The average molecular weight is 437 g/mol. The second-order valence-corrected chi connectivity index (χ2v) is 9.18. The number of aliphatic carboxylic acids is 1. The summed E-state index contributed by atoms with van der Waals surface area (Å²) in [6.07, 6.45) is 15.2. The molecule has 0 heterocycles. The Morgan fingerprint density at radius 1 is 1.07 bits per heavy atom. The topological polar surface area (TPSA) is 37.3 Å². The fraction of sp³-hybridized carbons (Fsp3) is 0.609. The van der Waals surface area contributed by atoms with Gasteiger partial charge in [0.25, 0.3) is 0 Å². The third-order valence-corrected chi connectivity index (χ3v) is 7.25. The van der Waals surface area contributed by atoms with Crippen LogP contribution in [-0.2, 0) is 4.79 Å². The minimum Gasteiger partial charge on any atom is -0.481 e. The van der Waals surface area contributed by atoms with E-state index in [1.807, 2.05) is 6.07 Å². The lowest BCUT2D eigenvalue weighted by atomic mass is 9.68. The first kappa shape index (κ1) is 20.6. The molecule has 2 nitrogen and oxygen atoms in total. The molecule has 1 aromatic carbocycles. The fourth-order valence-electron chi connectivity index (χ4n) is 4.99. The summed E-state index contributed by atoms with van der Waals surface area (Å²) in [7, 11) is 0. The van der Waals surface area contributed by atoms with Crippen molar-refractivity contribution in [3.8, 4) is 0 Å². The number of benzene rings is 1. The molecule has 1 N–H and O–H groups in total. The number of hydrogen-bond donors (Lipinski definition) is 1. The second-order valence-electron chi connectivity index (χ2n) is 8.32. The predicted molar refractivity (Wildman–Crippen MR) is 110 cm³/mol. The molecule has 2 aliphatic rings. The van der Waals surface area contributed by atoms with E-state index >= 15 is 0 Å². The van der Waals surface area contributed by atoms with Crippen molar-refractivity contribution < 1.29 is 14.3 Å². The van der Waals surface area contributed by atoms with Crippen LogP contribution in [0.15, 0.2) is 34.8 Å². The summed E-state index contributed by atoms with van der Waals surface area (Å²) in [6.45, 7) is 0. The Balaban J connectivity index is 1.41. The van der Waals surface area contributed by atoms with E-state index in [4.69, 9.17) is 5.11 Å². The van der Waals surface area contributed by atoms with Crippen molar-refractivity contribution in [2.75, 3.05) is 0 Å². The number of allylic oxidation sites excluding steroid dienone is 2. The molecular formula is C23H30BrFO2.